The highest BCUT2D eigenvalue weighted by Crippen LogP contribution is 2.17. The molecule has 0 aromatic carbocycles. The van der Waals surface area contributed by atoms with Crippen molar-refractivity contribution in [2.75, 3.05) is 6.54 Å². The summed E-state index contributed by atoms with van der Waals surface area (Å²) in [5, 5.41) is 3.57. The van der Waals surface area contributed by atoms with Gasteiger partial charge in [0.1, 0.15) is 0 Å². The molecule has 0 saturated heterocycles. The molecular weight excluding hydrogens is 170 g/mol. The van der Waals surface area contributed by atoms with E-state index in [2.05, 4.69) is 32.0 Å². The first-order valence-electron chi connectivity index (χ1n) is 5.96. The molecule has 1 nitrogen and oxygen atoms in total. The lowest BCUT2D eigenvalue weighted by Gasteiger charge is -2.25. The third-order valence-corrected chi connectivity index (χ3v) is 2.92. The van der Waals surface area contributed by atoms with Gasteiger partial charge in [0.25, 0.3) is 0 Å². The molecule has 0 radical (unpaired) electrons. The SMILES string of the molecule is C#CCCCC(NCC)C(CC)CC. The second-order valence-corrected chi connectivity index (χ2v) is 3.84. The summed E-state index contributed by atoms with van der Waals surface area (Å²) < 4.78 is 0. The highest BCUT2D eigenvalue weighted by atomic mass is 14.9. The molecule has 0 aromatic rings. The Kier molecular flexibility index (Phi) is 8.78. The average Bonchev–Trinajstić information content (AvgIpc) is 2.20. The lowest BCUT2D eigenvalue weighted by Crippen LogP contribution is -2.35. The first-order valence-corrected chi connectivity index (χ1v) is 5.96. The largest absolute Gasteiger partial charge is 0.314 e. The molecule has 0 spiro atoms. The lowest BCUT2D eigenvalue weighted by molar-refractivity contribution is 0.318. The molecule has 1 unspecified atom stereocenters. The quantitative estimate of drug-likeness (QED) is 0.463. The molecule has 14 heavy (non-hydrogen) atoms. The van der Waals surface area contributed by atoms with Gasteiger partial charge in [0.15, 0.2) is 0 Å². The molecule has 0 bridgehead atoms. The van der Waals surface area contributed by atoms with E-state index in [1.165, 1.54) is 19.3 Å². The van der Waals surface area contributed by atoms with Crippen LogP contribution in [0.2, 0.25) is 0 Å². The summed E-state index contributed by atoms with van der Waals surface area (Å²) in [5.74, 6) is 3.53. The van der Waals surface area contributed by atoms with Gasteiger partial charge in [0.05, 0.1) is 0 Å². The van der Waals surface area contributed by atoms with Gasteiger partial charge in [-0.05, 0) is 25.3 Å². The molecule has 0 saturated carbocycles. The van der Waals surface area contributed by atoms with Gasteiger partial charge in [0, 0.05) is 12.5 Å². The average molecular weight is 195 g/mol. The molecule has 1 N–H and O–H groups in total. The molecular formula is C13H25N. The summed E-state index contributed by atoms with van der Waals surface area (Å²) in [5.41, 5.74) is 0. The van der Waals surface area contributed by atoms with Crippen LogP contribution in [0.4, 0.5) is 0 Å². The number of hydrogen-bond acceptors (Lipinski definition) is 1. The second-order valence-electron chi connectivity index (χ2n) is 3.84. The van der Waals surface area contributed by atoms with Crippen LogP contribution >= 0.6 is 0 Å². The fourth-order valence-corrected chi connectivity index (χ4v) is 2.05. The Hall–Kier alpha value is -0.480. The Labute approximate surface area is 89.7 Å². The van der Waals surface area contributed by atoms with E-state index in [1.54, 1.807) is 0 Å². The Morgan fingerprint density at radius 2 is 1.86 bits per heavy atom. The molecule has 0 amide bonds. The van der Waals surface area contributed by atoms with Gasteiger partial charge < -0.3 is 5.32 Å². The predicted octanol–water partition coefficient (Wildman–Crippen LogP) is 3.20. The maximum atomic E-state index is 5.26. The van der Waals surface area contributed by atoms with Crippen molar-refractivity contribution in [3.05, 3.63) is 0 Å². The second kappa shape index (κ2) is 9.09. The molecule has 0 fully saturated rings. The van der Waals surface area contributed by atoms with Crippen molar-refractivity contribution >= 4 is 0 Å². The molecule has 0 rings (SSSR count). The summed E-state index contributed by atoms with van der Waals surface area (Å²) >= 11 is 0. The van der Waals surface area contributed by atoms with Crippen molar-refractivity contribution in [1.29, 1.82) is 0 Å². The topological polar surface area (TPSA) is 12.0 Å². The van der Waals surface area contributed by atoms with E-state index >= 15 is 0 Å². The summed E-state index contributed by atoms with van der Waals surface area (Å²) in [6.07, 6.45) is 11.1. The summed E-state index contributed by atoms with van der Waals surface area (Å²) in [6.45, 7) is 7.80. The molecule has 1 heteroatoms. The van der Waals surface area contributed by atoms with Crippen molar-refractivity contribution in [2.45, 2.75) is 58.9 Å². The van der Waals surface area contributed by atoms with Crippen LogP contribution in [0.25, 0.3) is 0 Å². The minimum atomic E-state index is 0.670. The third-order valence-electron chi connectivity index (χ3n) is 2.92. The molecule has 0 aliphatic carbocycles. The number of terminal acetylenes is 1. The van der Waals surface area contributed by atoms with E-state index in [4.69, 9.17) is 6.42 Å². The molecule has 0 aliphatic heterocycles. The van der Waals surface area contributed by atoms with Crippen molar-refractivity contribution in [3.8, 4) is 12.3 Å². The Balaban J connectivity index is 3.92. The predicted molar refractivity (Wildman–Crippen MR) is 64.2 cm³/mol. The van der Waals surface area contributed by atoms with Crippen LogP contribution < -0.4 is 5.32 Å². The normalized spacial score (nSPS) is 12.8. The van der Waals surface area contributed by atoms with Crippen LogP contribution in [0.15, 0.2) is 0 Å². The van der Waals surface area contributed by atoms with Gasteiger partial charge >= 0.3 is 0 Å². The van der Waals surface area contributed by atoms with Gasteiger partial charge in [-0.25, -0.2) is 0 Å². The standard InChI is InChI=1S/C13H25N/c1-5-9-10-11-13(14-8-4)12(6-2)7-3/h1,12-14H,6-11H2,2-4H3. The fraction of sp³-hybridized carbons (Fsp3) is 0.846. The van der Waals surface area contributed by atoms with E-state index in [0.717, 1.165) is 25.3 Å². The Morgan fingerprint density at radius 3 is 2.29 bits per heavy atom. The monoisotopic (exact) mass is 195 g/mol. The van der Waals surface area contributed by atoms with E-state index in [9.17, 15) is 0 Å². The van der Waals surface area contributed by atoms with Crippen LogP contribution in [0.3, 0.4) is 0 Å². The molecule has 82 valence electrons. The van der Waals surface area contributed by atoms with Crippen LogP contribution in [0, 0.1) is 18.3 Å². The smallest absolute Gasteiger partial charge is 0.00953 e. The Bertz CT molecular complexity index is 153. The van der Waals surface area contributed by atoms with Gasteiger partial charge in [-0.2, -0.15) is 0 Å². The number of nitrogens with one attached hydrogen (secondary N) is 1. The van der Waals surface area contributed by atoms with Crippen molar-refractivity contribution in [3.63, 3.8) is 0 Å². The van der Waals surface area contributed by atoms with Crippen molar-refractivity contribution in [2.24, 2.45) is 5.92 Å². The maximum Gasteiger partial charge on any atom is 0.00953 e. The zero-order valence-corrected chi connectivity index (χ0v) is 9.97. The van der Waals surface area contributed by atoms with Crippen molar-refractivity contribution < 1.29 is 0 Å². The highest BCUT2D eigenvalue weighted by molar-refractivity contribution is 4.84. The van der Waals surface area contributed by atoms with E-state index in [0.29, 0.717) is 6.04 Å². The lowest BCUT2D eigenvalue weighted by atomic mass is 9.90. The van der Waals surface area contributed by atoms with E-state index in [-0.39, 0.29) is 0 Å². The van der Waals surface area contributed by atoms with E-state index < -0.39 is 0 Å². The minimum absolute atomic E-state index is 0.670. The molecule has 0 aromatic heterocycles. The maximum absolute atomic E-state index is 5.26. The van der Waals surface area contributed by atoms with Gasteiger partial charge in [0.2, 0.25) is 0 Å². The Morgan fingerprint density at radius 1 is 1.21 bits per heavy atom. The molecule has 1 atom stereocenters. The van der Waals surface area contributed by atoms with Gasteiger partial charge in [-0.3, -0.25) is 0 Å². The molecule has 0 heterocycles. The summed E-state index contributed by atoms with van der Waals surface area (Å²) in [4.78, 5) is 0. The number of hydrogen-bond donors (Lipinski definition) is 1. The summed E-state index contributed by atoms with van der Waals surface area (Å²) in [6, 6.07) is 0.670. The zero-order chi connectivity index (χ0) is 10.8. The van der Waals surface area contributed by atoms with E-state index in [1.807, 2.05) is 0 Å². The number of unbranched alkanes of at least 4 members (excludes halogenated alkanes) is 1. The molecule has 0 aliphatic rings. The van der Waals surface area contributed by atoms with Crippen LogP contribution in [-0.2, 0) is 0 Å². The van der Waals surface area contributed by atoms with Gasteiger partial charge in [-0.1, -0.05) is 33.6 Å². The van der Waals surface area contributed by atoms with Crippen LogP contribution in [-0.4, -0.2) is 12.6 Å². The summed E-state index contributed by atoms with van der Waals surface area (Å²) in [7, 11) is 0. The van der Waals surface area contributed by atoms with Crippen LogP contribution in [0.1, 0.15) is 52.9 Å². The highest BCUT2D eigenvalue weighted by Gasteiger charge is 2.16. The zero-order valence-electron chi connectivity index (χ0n) is 9.97. The first-order chi connectivity index (χ1) is 6.79. The first kappa shape index (κ1) is 13.5. The van der Waals surface area contributed by atoms with Gasteiger partial charge in [-0.15, -0.1) is 12.3 Å². The minimum Gasteiger partial charge on any atom is -0.314 e. The number of rotatable bonds is 8. The van der Waals surface area contributed by atoms with Crippen molar-refractivity contribution in [1.82, 2.24) is 5.32 Å². The third kappa shape index (κ3) is 5.29. The fourth-order valence-electron chi connectivity index (χ4n) is 2.05. The van der Waals surface area contributed by atoms with Crippen LogP contribution in [0.5, 0.6) is 0 Å².